The average molecular weight is 330 g/mol. The van der Waals surface area contributed by atoms with Crippen LogP contribution in [0.5, 0.6) is 0 Å². The third-order valence-corrected chi connectivity index (χ3v) is 3.66. The van der Waals surface area contributed by atoms with Crippen LogP contribution in [0.25, 0.3) is 0 Å². The van der Waals surface area contributed by atoms with Crippen molar-refractivity contribution in [1.29, 1.82) is 0 Å². The number of anilines is 2. The Morgan fingerprint density at radius 3 is 2.70 bits per heavy atom. The van der Waals surface area contributed by atoms with Gasteiger partial charge in [-0.05, 0) is 28.6 Å². The number of benzene rings is 1. The van der Waals surface area contributed by atoms with Crippen molar-refractivity contribution < 1.29 is 17.6 Å². The van der Waals surface area contributed by atoms with E-state index in [9.17, 15) is 17.6 Å². The Labute approximate surface area is 129 Å². The molecule has 0 unspecified atom stereocenters. The Bertz CT molecular complexity index is 698. The fraction of sp³-hybridized carbons (Fsp3) is 0.462. The number of halogens is 4. The van der Waals surface area contributed by atoms with Crippen LogP contribution in [0, 0.1) is 5.82 Å². The molecule has 0 bridgehead atoms. The molecule has 1 aliphatic rings. The maximum absolute atomic E-state index is 13.4. The summed E-state index contributed by atoms with van der Waals surface area (Å²) in [6.07, 6.45) is -4.40. The van der Waals surface area contributed by atoms with Crippen molar-refractivity contribution in [3.8, 4) is 0 Å². The van der Waals surface area contributed by atoms with Gasteiger partial charge in [0.2, 0.25) is 0 Å². The van der Waals surface area contributed by atoms with E-state index in [4.69, 9.17) is 0 Å². The van der Waals surface area contributed by atoms with E-state index in [0.717, 1.165) is 10.4 Å². The monoisotopic (exact) mass is 330 g/mol. The molecule has 0 radical (unpaired) electrons. The number of hydrogen-bond acceptors (Lipinski definition) is 5. The van der Waals surface area contributed by atoms with Gasteiger partial charge >= 0.3 is 6.18 Å². The number of fused-ring (bicyclic) bond motifs is 1. The molecule has 23 heavy (non-hydrogen) atoms. The Morgan fingerprint density at radius 2 is 1.96 bits per heavy atom. The largest absolute Gasteiger partial charge is 0.408 e. The van der Waals surface area contributed by atoms with Gasteiger partial charge in [-0.1, -0.05) is 0 Å². The van der Waals surface area contributed by atoms with Crippen molar-refractivity contribution in [3.05, 3.63) is 29.8 Å². The summed E-state index contributed by atoms with van der Waals surface area (Å²) < 4.78 is 51.8. The lowest BCUT2D eigenvalue weighted by atomic mass is 10.1. The fourth-order valence-electron chi connectivity index (χ4n) is 2.55. The average Bonchev–Trinajstić information content (AvgIpc) is 2.87. The third kappa shape index (κ3) is 3.35. The number of tetrazole rings is 1. The molecule has 1 aliphatic heterocycles. The lowest BCUT2D eigenvalue weighted by Gasteiger charge is -2.36. The van der Waals surface area contributed by atoms with E-state index >= 15 is 0 Å². The minimum atomic E-state index is -4.40. The first kappa shape index (κ1) is 15.5. The van der Waals surface area contributed by atoms with Crippen LogP contribution < -0.4 is 9.80 Å². The minimum absolute atomic E-state index is 0.113. The van der Waals surface area contributed by atoms with E-state index in [1.807, 2.05) is 16.8 Å². The van der Waals surface area contributed by atoms with Gasteiger partial charge in [0.1, 0.15) is 12.4 Å². The summed E-state index contributed by atoms with van der Waals surface area (Å²) in [7, 11) is 1.84. The molecule has 0 spiro atoms. The van der Waals surface area contributed by atoms with Gasteiger partial charge in [0, 0.05) is 20.1 Å². The molecule has 0 aliphatic carbocycles. The van der Waals surface area contributed by atoms with Crippen molar-refractivity contribution >= 4 is 11.4 Å². The number of nitrogens with zero attached hydrogens (tertiary/aromatic N) is 6. The summed E-state index contributed by atoms with van der Waals surface area (Å²) in [4.78, 5) is 3.74. The topological polar surface area (TPSA) is 50.1 Å². The predicted molar refractivity (Wildman–Crippen MR) is 74.6 cm³/mol. The van der Waals surface area contributed by atoms with E-state index in [1.165, 1.54) is 12.1 Å². The molecule has 0 atom stereocenters. The molecule has 0 fully saturated rings. The molecule has 3 rings (SSSR count). The van der Waals surface area contributed by atoms with Crippen LogP contribution in [0.4, 0.5) is 28.9 Å². The molecular weight excluding hydrogens is 316 g/mol. The molecule has 1 aromatic carbocycles. The fourth-order valence-corrected chi connectivity index (χ4v) is 2.55. The second kappa shape index (κ2) is 5.67. The van der Waals surface area contributed by atoms with E-state index < -0.39 is 12.7 Å². The summed E-state index contributed by atoms with van der Waals surface area (Å²) in [5.74, 6) is -0.249. The van der Waals surface area contributed by atoms with E-state index in [-0.39, 0.29) is 18.2 Å². The second-order valence-electron chi connectivity index (χ2n) is 5.34. The molecule has 0 saturated carbocycles. The predicted octanol–water partition coefficient (Wildman–Crippen LogP) is 1.83. The van der Waals surface area contributed by atoms with Crippen LogP contribution in [0.3, 0.4) is 0 Å². The van der Waals surface area contributed by atoms with Gasteiger partial charge in [-0.15, -0.1) is 5.10 Å². The van der Waals surface area contributed by atoms with Crippen molar-refractivity contribution in [2.75, 3.05) is 29.9 Å². The van der Waals surface area contributed by atoms with Crippen molar-refractivity contribution in [2.45, 2.75) is 19.3 Å². The molecule has 1 aromatic heterocycles. The first-order chi connectivity index (χ1) is 10.8. The highest BCUT2D eigenvalue weighted by atomic mass is 19.4. The van der Waals surface area contributed by atoms with Gasteiger partial charge < -0.3 is 9.80 Å². The van der Waals surface area contributed by atoms with E-state index in [2.05, 4.69) is 15.5 Å². The van der Waals surface area contributed by atoms with Crippen LogP contribution in [-0.4, -0.2) is 46.5 Å². The Kier molecular flexibility index (Phi) is 3.82. The standard InChI is InChI=1S/C13H14F4N6/c1-21-4-5-22(10-3-2-9(14)6-11(10)21)7-12-18-19-20-23(12)8-13(15,16)17/h2-3,6H,4-5,7-8H2,1H3. The maximum atomic E-state index is 13.4. The van der Waals surface area contributed by atoms with E-state index in [1.54, 1.807) is 6.07 Å². The Hall–Kier alpha value is -2.39. The van der Waals surface area contributed by atoms with Crippen molar-refractivity contribution in [3.63, 3.8) is 0 Å². The summed E-state index contributed by atoms with van der Waals surface area (Å²) in [6, 6.07) is 4.34. The van der Waals surface area contributed by atoms with Crippen LogP contribution in [0.15, 0.2) is 18.2 Å². The first-order valence-corrected chi connectivity index (χ1v) is 6.91. The lowest BCUT2D eigenvalue weighted by molar-refractivity contribution is -0.143. The van der Waals surface area contributed by atoms with Crippen molar-refractivity contribution in [2.24, 2.45) is 0 Å². The molecule has 2 heterocycles. The highest BCUT2D eigenvalue weighted by molar-refractivity contribution is 5.73. The van der Waals surface area contributed by atoms with Gasteiger partial charge in [-0.25, -0.2) is 9.07 Å². The summed E-state index contributed by atoms with van der Waals surface area (Å²) in [5.41, 5.74) is 1.42. The molecule has 2 aromatic rings. The number of aromatic nitrogens is 4. The summed E-state index contributed by atoms with van der Waals surface area (Å²) in [5, 5.41) is 10.4. The number of alkyl halides is 3. The molecule has 0 N–H and O–H groups in total. The molecule has 0 amide bonds. The van der Waals surface area contributed by atoms with Crippen molar-refractivity contribution in [1.82, 2.24) is 20.2 Å². The van der Waals surface area contributed by atoms with Gasteiger partial charge in [-0.3, -0.25) is 0 Å². The normalized spacial score (nSPS) is 15.0. The van der Waals surface area contributed by atoms with E-state index in [0.29, 0.717) is 18.8 Å². The zero-order valence-corrected chi connectivity index (χ0v) is 12.3. The number of likely N-dealkylation sites (N-methyl/N-ethyl adjacent to an activating group) is 1. The molecule has 6 nitrogen and oxygen atoms in total. The minimum Gasteiger partial charge on any atom is -0.371 e. The highest BCUT2D eigenvalue weighted by Gasteiger charge is 2.31. The maximum Gasteiger partial charge on any atom is 0.408 e. The van der Waals surface area contributed by atoms with Gasteiger partial charge in [-0.2, -0.15) is 13.2 Å². The third-order valence-electron chi connectivity index (χ3n) is 3.66. The van der Waals surface area contributed by atoms with Crippen LogP contribution >= 0.6 is 0 Å². The number of rotatable bonds is 3. The van der Waals surface area contributed by atoms with Gasteiger partial charge in [0.15, 0.2) is 5.82 Å². The zero-order chi connectivity index (χ0) is 16.6. The molecule has 0 saturated heterocycles. The lowest BCUT2D eigenvalue weighted by Crippen LogP contribution is -2.39. The highest BCUT2D eigenvalue weighted by Crippen LogP contribution is 2.33. The van der Waals surface area contributed by atoms with Crippen LogP contribution in [0.1, 0.15) is 5.82 Å². The quantitative estimate of drug-likeness (QED) is 0.804. The second-order valence-corrected chi connectivity index (χ2v) is 5.34. The zero-order valence-electron chi connectivity index (χ0n) is 12.3. The molecule has 124 valence electrons. The number of hydrogen-bond donors (Lipinski definition) is 0. The smallest absolute Gasteiger partial charge is 0.371 e. The molecular formula is C13H14F4N6. The summed E-state index contributed by atoms with van der Waals surface area (Å²) in [6.45, 7) is 0.0835. The van der Waals surface area contributed by atoms with Gasteiger partial charge in [0.05, 0.1) is 17.9 Å². The van der Waals surface area contributed by atoms with Crippen LogP contribution in [-0.2, 0) is 13.1 Å². The first-order valence-electron chi connectivity index (χ1n) is 6.91. The summed E-state index contributed by atoms with van der Waals surface area (Å²) >= 11 is 0. The Morgan fingerprint density at radius 1 is 1.17 bits per heavy atom. The van der Waals surface area contributed by atoms with Gasteiger partial charge in [0.25, 0.3) is 0 Å². The Balaban J connectivity index is 1.85. The SMILES string of the molecule is CN1CCN(Cc2nnnn2CC(F)(F)F)c2ccc(F)cc21. The van der Waals surface area contributed by atoms with Crippen LogP contribution in [0.2, 0.25) is 0 Å². The molecule has 10 heteroatoms.